The summed E-state index contributed by atoms with van der Waals surface area (Å²) in [6.45, 7) is 5.24. The van der Waals surface area contributed by atoms with Crippen molar-refractivity contribution in [1.82, 2.24) is 15.1 Å². The van der Waals surface area contributed by atoms with Gasteiger partial charge < -0.3 is 15.7 Å². The topological polar surface area (TPSA) is 79.2 Å². The van der Waals surface area contributed by atoms with E-state index >= 15 is 0 Å². The van der Waals surface area contributed by atoms with Crippen molar-refractivity contribution in [2.75, 3.05) is 18.5 Å². The summed E-state index contributed by atoms with van der Waals surface area (Å²) in [7, 11) is 0. The number of benzene rings is 1. The Morgan fingerprint density at radius 2 is 2.18 bits per heavy atom. The van der Waals surface area contributed by atoms with E-state index in [1.165, 1.54) is 16.7 Å². The van der Waals surface area contributed by atoms with E-state index in [0.29, 0.717) is 6.54 Å². The van der Waals surface area contributed by atoms with E-state index < -0.39 is 0 Å². The summed E-state index contributed by atoms with van der Waals surface area (Å²) < 4.78 is 1.57. The second-order valence-electron chi connectivity index (χ2n) is 5.28. The molecule has 0 aliphatic heterocycles. The standard InChI is InChI=1S/C16H22N4O2/c1-12-3-4-14(13(2)7-12)8-18-15-9-19-20(10-15)11-16(22)17-5-6-21/h3-4,7,9-10,18,21H,5-6,8,11H2,1-2H3,(H,17,22). The Bertz CT molecular complexity index is 637. The van der Waals surface area contributed by atoms with Gasteiger partial charge in [-0.25, -0.2) is 0 Å². The molecule has 0 bridgehead atoms. The van der Waals surface area contributed by atoms with Gasteiger partial charge in [0.15, 0.2) is 0 Å². The van der Waals surface area contributed by atoms with Crippen molar-refractivity contribution in [3.8, 4) is 0 Å². The van der Waals surface area contributed by atoms with Gasteiger partial charge in [0.05, 0.1) is 18.5 Å². The predicted octanol–water partition coefficient (Wildman–Crippen LogP) is 1.22. The summed E-state index contributed by atoms with van der Waals surface area (Å²) in [5, 5.41) is 18.7. The first kappa shape index (κ1) is 16.0. The fourth-order valence-electron chi connectivity index (χ4n) is 2.18. The number of carbonyl (C=O) groups is 1. The molecule has 22 heavy (non-hydrogen) atoms. The zero-order valence-corrected chi connectivity index (χ0v) is 13.0. The molecule has 1 aromatic carbocycles. The summed E-state index contributed by atoms with van der Waals surface area (Å²) in [6, 6.07) is 6.37. The van der Waals surface area contributed by atoms with E-state index in [1.54, 1.807) is 17.1 Å². The minimum absolute atomic E-state index is 0.0620. The molecule has 0 saturated carbocycles. The second-order valence-corrected chi connectivity index (χ2v) is 5.28. The molecular weight excluding hydrogens is 280 g/mol. The molecule has 0 aliphatic rings. The molecular formula is C16H22N4O2. The number of hydrogen-bond donors (Lipinski definition) is 3. The highest BCUT2D eigenvalue weighted by molar-refractivity contribution is 5.75. The number of aromatic nitrogens is 2. The van der Waals surface area contributed by atoms with Crippen LogP contribution in [0.4, 0.5) is 5.69 Å². The number of carbonyl (C=O) groups excluding carboxylic acids is 1. The lowest BCUT2D eigenvalue weighted by molar-refractivity contribution is -0.122. The quantitative estimate of drug-likeness (QED) is 0.718. The number of nitrogens with one attached hydrogen (secondary N) is 2. The Hall–Kier alpha value is -2.34. The number of aliphatic hydroxyl groups is 1. The van der Waals surface area contributed by atoms with Gasteiger partial charge in [0.1, 0.15) is 6.54 Å². The van der Waals surface area contributed by atoms with Crippen LogP contribution < -0.4 is 10.6 Å². The monoisotopic (exact) mass is 302 g/mol. The Morgan fingerprint density at radius 3 is 2.91 bits per heavy atom. The van der Waals surface area contributed by atoms with Gasteiger partial charge in [-0.2, -0.15) is 5.10 Å². The van der Waals surface area contributed by atoms with Crippen molar-refractivity contribution in [3.05, 3.63) is 47.3 Å². The summed E-state index contributed by atoms with van der Waals surface area (Å²) in [5.74, 6) is -0.168. The zero-order chi connectivity index (χ0) is 15.9. The largest absolute Gasteiger partial charge is 0.395 e. The Kier molecular flexibility index (Phi) is 5.55. The van der Waals surface area contributed by atoms with Gasteiger partial charge in [-0.05, 0) is 25.0 Å². The lowest BCUT2D eigenvalue weighted by Crippen LogP contribution is -2.30. The molecule has 0 unspecified atom stereocenters. The molecule has 118 valence electrons. The fourth-order valence-corrected chi connectivity index (χ4v) is 2.18. The summed E-state index contributed by atoms with van der Waals surface area (Å²) in [6.07, 6.45) is 3.49. The van der Waals surface area contributed by atoms with Crippen LogP contribution in [0.15, 0.2) is 30.6 Å². The van der Waals surface area contributed by atoms with E-state index in [2.05, 4.69) is 47.8 Å². The van der Waals surface area contributed by atoms with Gasteiger partial charge in [0.25, 0.3) is 0 Å². The fraction of sp³-hybridized carbons (Fsp3) is 0.375. The molecule has 1 heterocycles. The molecule has 6 nitrogen and oxygen atoms in total. The van der Waals surface area contributed by atoms with E-state index in [0.717, 1.165) is 5.69 Å². The third-order valence-corrected chi connectivity index (χ3v) is 3.35. The summed E-state index contributed by atoms with van der Waals surface area (Å²) >= 11 is 0. The number of anilines is 1. The SMILES string of the molecule is Cc1ccc(CNc2cnn(CC(=O)NCCO)c2)c(C)c1. The van der Waals surface area contributed by atoms with Crippen LogP contribution in [0.2, 0.25) is 0 Å². The van der Waals surface area contributed by atoms with Crippen molar-refractivity contribution in [2.45, 2.75) is 26.9 Å². The average molecular weight is 302 g/mol. The van der Waals surface area contributed by atoms with E-state index in [1.807, 2.05) is 0 Å². The molecule has 2 rings (SSSR count). The van der Waals surface area contributed by atoms with E-state index in [-0.39, 0.29) is 25.6 Å². The maximum atomic E-state index is 11.5. The highest BCUT2D eigenvalue weighted by Gasteiger charge is 2.05. The molecule has 0 aliphatic carbocycles. The maximum Gasteiger partial charge on any atom is 0.241 e. The van der Waals surface area contributed by atoms with E-state index in [4.69, 9.17) is 5.11 Å². The van der Waals surface area contributed by atoms with Crippen LogP contribution in [0.1, 0.15) is 16.7 Å². The van der Waals surface area contributed by atoms with Gasteiger partial charge in [-0.15, -0.1) is 0 Å². The van der Waals surface area contributed by atoms with E-state index in [9.17, 15) is 4.79 Å². The highest BCUT2D eigenvalue weighted by Crippen LogP contribution is 2.13. The number of amides is 1. The van der Waals surface area contributed by atoms with Crippen LogP contribution in [0.25, 0.3) is 0 Å². The highest BCUT2D eigenvalue weighted by atomic mass is 16.3. The lowest BCUT2D eigenvalue weighted by atomic mass is 10.1. The van der Waals surface area contributed by atoms with Gasteiger partial charge in [0, 0.05) is 19.3 Å². The second kappa shape index (κ2) is 7.61. The minimum Gasteiger partial charge on any atom is -0.395 e. The van der Waals surface area contributed by atoms with Crippen LogP contribution >= 0.6 is 0 Å². The number of hydrogen-bond acceptors (Lipinski definition) is 4. The molecule has 0 saturated heterocycles. The van der Waals surface area contributed by atoms with Gasteiger partial charge in [0.2, 0.25) is 5.91 Å². The first-order valence-corrected chi connectivity index (χ1v) is 7.28. The Balaban J connectivity index is 1.88. The van der Waals surface area contributed by atoms with Crippen LogP contribution in [0.3, 0.4) is 0 Å². The van der Waals surface area contributed by atoms with Crippen LogP contribution in [-0.2, 0) is 17.9 Å². The van der Waals surface area contributed by atoms with Crippen molar-refractivity contribution >= 4 is 11.6 Å². The van der Waals surface area contributed by atoms with Crippen molar-refractivity contribution < 1.29 is 9.90 Å². The van der Waals surface area contributed by atoms with Crippen molar-refractivity contribution in [2.24, 2.45) is 0 Å². The van der Waals surface area contributed by atoms with Gasteiger partial charge in [-0.3, -0.25) is 9.48 Å². The van der Waals surface area contributed by atoms with Gasteiger partial charge in [-0.1, -0.05) is 23.8 Å². The molecule has 2 aromatic rings. The molecule has 6 heteroatoms. The average Bonchev–Trinajstić information content (AvgIpc) is 2.91. The first-order valence-electron chi connectivity index (χ1n) is 7.28. The molecule has 0 fully saturated rings. The first-order chi connectivity index (χ1) is 10.6. The molecule has 1 aromatic heterocycles. The number of rotatable bonds is 7. The molecule has 1 amide bonds. The van der Waals surface area contributed by atoms with Crippen molar-refractivity contribution in [1.29, 1.82) is 0 Å². The lowest BCUT2D eigenvalue weighted by Gasteiger charge is -2.08. The number of aliphatic hydroxyl groups excluding tert-OH is 1. The number of nitrogens with zero attached hydrogens (tertiary/aromatic N) is 2. The van der Waals surface area contributed by atoms with Crippen LogP contribution in [0, 0.1) is 13.8 Å². The molecule has 3 N–H and O–H groups in total. The predicted molar refractivity (Wildman–Crippen MR) is 85.6 cm³/mol. The zero-order valence-electron chi connectivity index (χ0n) is 13.0. The van der Waals surface area contributed by atoms with Crippen LogP contribution in [-0.4, -0.2) is 33.9 Å². The normalized spacial score (nSPS) is 10.5. The summed E-state index contributed by atoms with van der Waals surface area (Å²) in [4.78, 5) is 11.5. The maximum absolute atomic E-state index is 11.5. The molecule has 0 radical (unpaired) electrons. The summed E-state index contributed by atoms with van der Waals surface area (Å²) in [5.41, 5.74) is 4.61. The molecule has 0 atom stereocenters. The third-order valence-electron chi connectivity index (χ3n) is 3.35. The number of aryl methyl sites for hydroxylation is 2. The van der Waals surface area contributed by atoms with Gasteiger partial charge >= 0.3 is 0 Å². The molecule has 0 spiro atoms. The smallest absolute Gasteiger partial charge is 0.241 e. The van der Waals surface area contributed by atoms with Crippen LogP contribution in [0.5, 0.6) is 0 Å². The Morgan fingerprint density at radius 1 is 1.36 bits per heavy atom. The Labute approximate surface area is 130 Å². The minimum atomic E-state index is -0.168. The third kappa shape index (κ3) is 4.60. The van der Waals surface area contributed by atoms with Crippen molar-refractivity contribution in [3.63, 3.8) is 0 Å².